The molecule has 17 heavy (non-hydrogen) atoms. The molecule has 1 aromatic carbocycles. The first-order valence-corrected chi connectivity index (χ1v) is 6.22. The Morgan fingerprint density at radius 2 is 2.29 bits per heavy atom. The average molecular weight is 231 g/mol. The van der Waals surface area contributed by atoms with Crippen LogP contribution in [0, 0.1) is 12.8 Å². The van der Waals surface area contributed by atoms with E-state index in [2.05, 4.69) is 54.4 Å². The molecule has 0 spiro atoms. The van der Waals surface area contributed by atoms with Gasteiger partial charge in [0, 0.05) is 31.2 Å². The minimum atomic E-state index is 0.510. The molecule has 0 saturated heterocycles. The maximum Gasteiger partial charge on any atom is 0.0923 e. The summed E-state index contributed by atoms with van der Waals surface area (Å²) in [6.07, 6.45) is 2.12. The molecule has 1 aliphatic rings. The van der Waals surface area contributed by atoms with E-state index in [9.17, 15) is 0 Å². The molecule has 1 atom stereocenters. The molecule has 1 aromatic rings. The van der Waals surface area contributed by atoms with Crippen molar-refractivity contribution in [2.45, 2.75) is 13.8 Å². The Kier molecular flexibility index (Phi) is 3.57. The van der Waals surface area contributed by atoms with Crippen molar-refractivity contribution in [3.63, 3.8) is 0 Å². The summed E-state index contributed by atoms with van der Waals surface area (Å²) >= 11 is 0. The molecule has 92 valence electrons. The lowest BCUT2D eigenvalue weighted by Gasteiger charge is -2.25. The van der Waals surface area contributed by atoms with Crippen molar-refractivity contribution in [3.8, 4) is 0 Å². The van der Waals surface area contributed by atoms with Crippen molar-refractivity contribution in [2.24, 2.45) is 11.7 Å². The third kappa shape index (κ3) is 2.93. The predicted molar refractivity (Wildman–Crippen MR) is 72.8 cm³/mol. The Balaban J connectivity index is 2.06. The van der Waals surface area contributed by atoms with Gasteiger partial charge in [-0.25, -0.2) is 0 Å². The van der Waals surface area contributed by atoms with E-state index in [-0.39, 0.29) is 0 Å². The van der Waals surface area contributed by atoms with E-state index in [1.807, 2.05) is 0 Å². The average Bonchev–Trinajstić information content (AvgIpc) is 2.72. The third-order valence-electron chi connectivity index (χ3n) is 3.19. The summed E-state index contributed by atoms with van der Waals surface area (Å²) in [6, 6.07) is 8.65. The Bertz CT molecular complexity index is 412. The number of hydrogen-bond acceptors (Lipinski definition) is 3. The van der Waals surface area contributed by atoms with Gasteiger partial charge in [0.15, 0.2) is 0 Å². The van der Waals surface area contributed by atoms with E-state index in [0.717, 1.165) is 25.5 Å². The van der Waals surface area contributed by atoms with Crippen LogP contribution in [0.3, 0.4) is 0 Å². The molecule has 0 aromatic heterocycles. The van der Waals surface area contributed by atoms with Gasteiger partial charge in [0.1, 0.15) is 0 Å². The van der Waals surface area contributed by atoms with Crippen LogP contribution in [0.5, 0.6) is 0 Å². The minimum Gasteiger partial charge on any atom is -0.386 e. The fourth-order valence-electron chi connectivity index (χ4n) is 2.26. The van der Waals surface area contributed by atoms with E-state index in [4.69, 9.17) is 5.73 Å². The highest BCUT2D eigenvalue weighted by molar-refractivity contribution is 5.48. The largest absolute Gasteiger partial charge is 0.386 e. The molecule has 0 fully saturated rings. The van der Waals surface area contributed by atoms with Gasteiger partial charge >= 0.3 is 0 Å². The van der Waals surface area contributed by atoms with E-state index in [0.29, 0.717) is 5.92 Å². The second-order valence-electron chi connectivity index (χ2n) is 4.64. The van der Waals surface area contributed by atoms with Crippen LogP contribution in [0.2, 0.25) is 0 Å². The highest BCUT2D eigenvalue weighted by Gasteiger charge is 2.16. The summed E-state index contributed by atoms with van der Waals surface area (Å²) in [5.41, 5.74) is 8.34. The summed E-state index contributed by atoms with van der Waals surface area (Å²) in [4.78, 5) is 2.40. The van der Waals surface area contributed by atoms with Gasteiger partial charge in [-0.1, -0.05) is 12.1 Å². The van der Waals surface area contributed by atoms with Crippen LogP contribution in [-0.4, -0.2) is 19.6 Å². The molecule has 3 N–H and O–H groups in total. The molecule has 0 aliphatic carbocycles. The molecular weight excluding hydrogens is 210 g/mol. The molecule has 0 radical (unpaired) electrons. The molecule has 0 bridgehead atoms. The standard InChI is InChI=1S/C14H21N3/c1-3-17(10-12-8-14(15)16-9-12)13-6-4-5-11(2)7-13/h4-8,12,16H,3,9-10,15H2,1-2H3/t12-/m0/s1. The molecule has 0 amide bonds. The third-order valence-corrected chi connectivity index (χ3v) is 3.19. The first-order chi connectivity index (χ1) is 8.19. The Hall–Kier alpha value is -1.64. The van der Waals surface area contributed by atoms with Crippen LogP contribution in [0.1, 0.15) is 12.5 Å². The SMILES string of the molecule is CCN(C[C@H]1C=C(N)NC1)c1cccc(C)c1. The van der Waals surface area contributed by atoms with Crippen LogP contribution in [0.4, 0.5) is 5.69 Å². The summed E-state index contributed by atoms with van der Waals surface area (Å²) in [5.74, 6) is 1.32. The Labute approximate surface area is 103 Å². The number of benzene rings is 1. The summed E-state index contributed by atoms with van der Waals surface area (Å²) in [5, 5.41) is 3.17. The van der Waals surface area contributed by atoms with Gasteiger partial charge in [0.2, 0.25) is 0 Å². The number of nitrogens with two attached hydrogens (primary N) is 1. The second-order valence-corrected chi connectivity index (χ2v) is 4.64. The molecule has 0 saturated carbocycles. The monoisotopic (exact) mass is 231 g/mol. The van der Waals surface area contributed by atoms with Gasteiger partial charge in [0.05, 0.1) is 5.82 Å². The van der Waals surface area contributed by atoms with Crippen LogP contribution < -0.4 is 16.0 Å². The van der Waals surface area contributed by atoms with Crippen molar-refractivity contribution >= 4 is 5.69 Å². The molecule has 3 heteroatoms. The Morgan fingerprint density at radius 1 is 1.47 bits per heavy atom. The van der Waals surface area contributed by atoms with Crippen molar-refractivity contribution in [1.29, 1.82) is 0 Å². The van der Waals surface area contributed by atoms with Crippen molar-refractivity contribution in [2.75, 3.05) is 24.5 Å². The van der Waals surface area contributed by atoms with Crippen LogP contribution in [-0.2, 0) is 0 Å². The maximum atomic E-state index is 5.74. The first kappa shape index (κ1) is 11.8. The molecule has 0 unspecified atom stereocenters. The number of rotatable bonds is 4. The quantitative estimate of drug-likeness (QED) is 0.831. The van der Waals surface area contributed by atoms with Crippen molar-refractivity contribution in [1.82, 2.24) is 5.32 Å². The molecule has 1 aliphatic heterocycles. The smallest absolute Gasteiger partial charge is 0.0923 e. The second kappa shape index (κ2) is 5.13. The predicted octanol–water partition coefficient (Wildman–Crippen LogP) is 1.84. The summed E-state index contributed by atoms with van der Waals surface area (Å²) in [7, 11) is 0. The number of nitrogens with one attached hydrogen (secondary N) is 1. The number of anilines is 1. The molecule has 2 rings (SSSR count). The first-order valence-electron chi connectivity index (χ1n) is 6.22. The summed E-state index contributed by atoms with van der Waals surface area (Å²) in [6.45, 7) is 7.32. The fourth-order valence-corrected chi connectivity index (χ4v) is 2.26. The van der Waals surface area contributed by atoms with Crippen LogP contribution in [0.25, 0.3) is 0 Å². The topological polar surface area (TPSA) is 41.3 Å². The van der Waals surface area contributed by atoms with Crippen LogP contribution >= 0.6 is 0 Å². The lowest BCUT2D eigenvalue weighted by atomic mass is 10.1. The normalized spacial score (nSPS) is 18.7. The number of aryl methyl sites for hydroxylation is 1. The van der Waals surface area contributed by atoms with Gasteiger partial charge in [0.25, 0.3) is 0 Å². The minimum absolute atomic E-state index is 0.510. The van der Waals surface area contributed by atoms with Gasteiger partial charge < -0.3 is 16.0 Å². The van der Waals surface area contributed by atoms with Crippen molar-refractivity contribution < 1.29 is 0 Å². The molecule has 3 nitrogen and oxygen atoms in total. The Morgan fingerprint density at radius 3 is 2.88 bits per heavy atom. The molecule has 1 heterocycles. The lowest BCUT2D eigenvalue weighted by Crippen LogP contribution is -2.30. The van der Waals surface area contributed by atoms with E-state index in [1.165, 1.54) is 11.3 Å². The van der Waals surface area contributed by atoms with E-state index >= 15 is 0 Å². The zero-order valence-electron chi connectivity index (χ0n) is 10.6. The highest BCUT2D eigenvalue weighted by atomic mass is 15.1. The fraction of sp³-hybridized carbons (Fsp3) is 0.429. The number of nitrogens with zero attached hydrogens (tertiary/aromatic N) is 1. The zero-order chi connectivity index (χ0) is 12.3. The van der Waals surface area contributed by atoms with E-state index < -0.39 is 0 Å². The van der Waals surface area contributed by atoms with Gasteiger partial charge in [-0.05, 0) is 37.6 Å². The van der Waals surface area contributed by atoms with Gasteiger partial charge in [-0.15, -0.1) is 0 Å². The zero-order valence-corrected chi connectivity index (χ0v) is 10.6. The van der Waals surface area contributed by atoms with E-state index in [1.54, 1.807) is 0 Å². The van der Waals surface area contributed by atoms with Crippen LogP contribution in [0.15, 0.2) is 36.2 Å². The van der Waals surface area contributed by atoms with Crippen molar-refractivity contribution in [3.05, 3.63) is 41.7 Å². The number of hydrogen-bond donors (Lipinski definition) is 2. The van der Waals surface area contributed by atoms with Gasteiger partial charge in [-0.3, -0.25) is 0 Å². The molecular formula is C14H21N3. The van der Waals surface area contributed by atoms with Gasteiger partial charge in [-0.2, -0.15) is 0 Å². The highest BCUT2D eigenvalue weighted by Crippen LogP contribution is 2.18. The lowest BCUT2D eigenvalue weighted by molar-refractivity contribution is 0.624. The maximum absolute atomic E-state index is 5.74. The summed E-state index contributed by atoms with van der Waals surface area (Å²) < 4.78 is 0.